The van der Waals surface area contributed by atoms with E-state index in [4.69, 9.17) is 0 Å². The maximum atomic E-state index is 2.58. The summed E-state index contributed by atoms with van der Waals surface area (Å²) >= 11 is 1.95. The molecule has 0 bridgehead atoms. The van der Waals surface area contributed by atoms with Gasteiger partial charge in [0, 0.05) is 37.1 Å². The number of hydrogen-bond donors (Lipinski definition) is 0. The van der Waals surface area contributed by atoms with Gasteiger partial charge in [-0.25, -0.2) is 0 Å². The number of nitrogens with zero attached hydrogens (tertiary/aromatic N) is 1. The molecule has 0 N–H and O–H groups in total. The molecule has 0 radical (unpaired) electrons. The Morgan fingerprint density at radius 3 is 1.81 bits per heavy atom. The smallest absolute Gasteiger partial charge is 0.181 e. The van der Waals surface area contributed by atoms with Crippen molar-refractivity contribution in [3.8, 4) is 22.3 Å². The summed E-state index contributed by atoms with van der Waals surface area (Å²) in [6.07, 6.45) is 0. The van der Waals surface area contributed by atoms with Gasteiger partial charge in [-0.05, 0) is 84.2 Å². The fourth-order valence-corrected chi connectivity index (χ4v) is 19.4. The van der Waals surface area contributed by atoms with E-state index in [2.05, 4.69) is 206 Å². The van der Waals surface area contributed by atoms with Gasteiger partial charge in [0.2, 0.25) is 0 Å². The Kier molecular flexibility index (Phi) is 6.96. The molecule has 9 aromatic rings. The summed E-state index contributed by atoms with van der Waals surface area (Å²) in [5.74, 6) is 0. The summed E-state index contributed by atoms with van der Waals surface area (Å²) in [6.45, 7) is 5.02. The van der Waals surface area contributed by atoms with E-state index in [9.17, 15) is 0 Å². The van der Waals surface area contributed by atoms with Crippen molar-refractivity contribution in [3.05, 3.63) is 188 Å². The lowest BCUT2D eigenvalue weighted by molar-refractivity contribution is 1.29. The van der Waals surface area contributed by atoms with Gasteiger partial charge in [-0.15, -0.1) is 11.3 Å². The zero-order valence-electron chi connectivity index (χ0n) is 30.3. The Balaban J connectivity index is 1.25. The van der Waals surface area contributed by atoms with Gasteiger partial charge in [0.1, 0.15) is 8.07 Å². The first-order valence-electron chi connectivity index (χ1n) is 18.9. The summed E-state index contributed by atoms with van der Waals surface area (Å²) in [6, 6.07) is 71.3. The van der Waals surface area contributed by atoms with Crippen LogP contribution in [0.5, 0.6) is 0 Å². The van der Waals surface area contributed by atoms with Crippen LogP contribution >= 0.6 is 11.3 Å². The van der Waals surface area contributed by atoms with Gasteiger partial charge in [0.15, 0.2) is 8.07 Å². The molecule has 2 aliphatic rings. The number of rotatable bonds is 5. The van der Waals surface area contributed by atoms with Crippen LogP contribution in [0, 0.1) is 0 Å². The highest BCUT2D eigenvalue weighted by atomic mass is 32.1. The summed E-state index contributed by atoms with van der Waals surface area (Å²) in [7, 11) is -4.68. The zero-order chi connectivity index (χ0) is 36.0. The highest BCUT2D eigenvalue weighted by molar-refractivity contribution is 7.28. The molecular formula is C50H37NSSi2. The minimum atomic E-state index is -2.79. The fourth-order valence-electron chi connectivity index (χ4n) is 9.80. The topological polar surface area (TPSA) is 3.24 Å². The Morgan fingerprint density at radius 1 is 0.426 bits per heavy atom. The number of benzene rings is 8. The van der Waals surface area contributed by atoms with E-state index in [0.717, 1.165) is 0 Å². The van der Waals surface area contributed by atoms with E-state index in [1.165, 1.54) is 90.6 Å². The number of fused-ring (bicyclic) bond motifs is 10. The molecule has 1 nitrogen and oxygen atoms in total. The molecular weight excluding hydrogens is 703 g/mol. The predicted octanol–water partition coefficient (Wildman–Crippen LogP) is 9.69. The number of hydrogen-bond acceptors (Lipinski definition) is 2. The molecule has 2 aliphatic heterocycles. The third kappa shape index (κ3) is 4.30. The molecule has 0 spiro atoms. The van der Waals surface area contributed by atoms with Crippen LogP contribution in [0.25, 0.3) is 42.4 Å². The molecule has 11 rings (SSSR count). The van der Waals surface area contributed by atoms with Crippen LogP contribution in [0.15, 0.2) is 188 Å². The molecule has 4 heteroatoms. The number of anilines is 3. The summed E-state index contributed by atoms with van der Waals surface area (Å²) in [5.41, 5.74) is 9.18. The Labute approximate surface area is 322 Å². The van der Waals surface area contributed by atoms with Gasteiger partial charge in [0.05, 0.1) is 5.69 Å². The van der Waals surface area contributed by atoms with Gasteiger partial charge < -0.3 is 4.90 Å². The highest BCUT2D eigenvalue weighted by Gasteiger charge is 2.50. The monoisotopic (exact) mass is 739 g/mol. The minimum Gasteiger partial charge on any atom is -0.310 e. The maximum absolute atomic E-state index is 2.79. The van der Waals surface area contributed by atoms with Gasteiger partial charge >= 0.3 is 0 Å². The van der Waals surface area contributed by atoms with Gasteiger partial charge in [-0.1, -0.05) is 165 Å². The standard InChI is InChI=1S/C50H37NSSi2/c1-53(2)44-27-15-13-24-40(44)48-42(25-16-28-45(48)53)51(34-17-6-3-7-18-34)35-29-30-41-47(33-35)54(36-19-8-4-9-20-36,37-21-10-5-11-22-37)46-32-31-39-38-23-12-14-26-43(38)52-50(39)49(41)46/h3-33H,1-2H3. The molecule has 0 aliphatic carbocycles. The number of para-hydroxylation sites is 1. The lowest BCUT2D eigenvalue weighted by atomic mass is 10.0. The third-order valence-electron chi connectivity index (χ3n) is 12.1. The van der Waals surface area contributed by atoms with Gasteiger partial charge in [-0.2, -0.15) is 0 Å². The first-order valence-corrected chi connectivity index (χ1v) is 24.7. The molecule has 0 saturated carbocycles. The average Bonchev–Trinajstić information content (AvgIpc) is 3.83. The average molecular weight is 740 g/mol. The highest BCUT2D eigenvalue weighted by Crippen LogP contribution is 2.46. The van der Waals surface area contributed by atoms with Crippen LogP contribution < -0.4 is 36.0 Å². The van der Waals surface area contributed by atoms with Crippen molar-refractivity contribution in [3.63, 3.8) is 0 Å². The lowest BCUT2D eigenvalue weighted by Crippen LogP contribution is -2.72. The van der Waals surface area contributed by atoms with Gasteiger partial charge in [0.25, 0.3) is 0 Å². The van der Waals surface area contributed by atoms with Crippen molar-refractivity contribution in [2.75, 3.05) is 4.90 Å². The molecule has 1 aromatic heterocycles. The van der Waals surface area contributed by atoms with Crippen molar-refractivity contribution < 1.29 is 0 Å². The van der Waals surface area contributed by atoms with Crippen molar-refractivity contribution in [2.45, 2.75) is 13.1 Å². The van der Waals surface area contributed by atoms with Crippen LogP contribution in [0.2, 0.25) is 13.1 Å². The summed E-state index contributed by atoms with van der Waals surface area (Å²) < 4.78 is 2.74. The second-order valence-electron chi connectivity index (χ2n) is 15.2. The van der Waals surface area contributed by atoms with Crippen LogP contribution in [0.3, 0.4) is 0 Å². The largest absolute Gasteiger partial charge is 0.310 e. The van der Waals surface area contributed by atoms with Crippen LogP contribution in [-0.4, -0.2) is 16.1 Å². The molecule has 54 heavy (non-hydrogen) atoms. The fraction of sp³-hybridized carbons (Fsp3) is 0.0400. The van der Waals surface area contributed by atoms with Crippen LogP contribution in [0.1, 0.15) is 0 Å². The normalized spacial score (nSPS) is 14.4. The van der Waals surface area contributed by atoms with Gasteiger partial charge in [-0.3, -0.25) is 0 Å². The molecule has 0 unspecified atom stereocenters. The van der Waals surface area contributed by atoms with Crippen molar-refractivity contribution in [1.82, 2.24) is 0 Å². The Hall–Kier alpha value is -5.79. The molecule has 0 fully saturated rings. The predicted molar refractivity (Wildman–Crippen MR) is 239 cm³/mol. The molecule has 3 heterocycles. The van der Waals surface area contributed by atoms with E-state index in [1.54, 1.807) is 0 Å². The minimum absolute atomic E-state index is 1.17. The lowest BCUT2D eigenvalue weighted by Gasteiger charge is -2.33. The number of thiophene rings is 1. The van der Waals surface area contributed by atoms with E-state index in [0.29, 0.717) is 0 Å². The molecule has 0 atom stereocenters. The van der Waals surface area contributed by atoms with E-state index >= 15 is 0 Å². The Morgan fingerprint density at radius 2 is 1.06 bits per heavy atom. The second kappa shape index (κ2) is 11.9. The maximum Gasteiger partial charge on any atom is 0.181 e. The summed E-state index contributed by atoms with van der Waals surface area (Å²) in [5, 5.41) is 11.5. The third-order valence-corrected chi connectivity index (χ3v) is 21.7. The van der Waals surface area contributed by atoms with Crippen LogP contribution in [-0.2, 0) is 0 Å². The van der Waals surface area contributed by atoms with E-state index in [-0.39, 0.29) is 0 Å². The zero-order valence-corrected chi connectivity index (χ0v) is 33.1. The van der Waals surface area contributed by atoms with Crippen molar-refractivity contribution >= 4 is 95.8 Å². The molecule has 256 valence electrons. The Bertz CT molecular complexity index is 2880. The van der Waals surface area contributed by atoms with Crippen LogP contribution in [0.4, 0.5) is 17.1 Å². The van der Waals surface area contributed by atoms with Crippen molar-refractivity contribution in [2.24, 2.45) is 0 Å². The molecule has 0 saturated heterocycles. The summed E-state index contributed by atoms with van der Waals surface area (Å²) in [4.78, 5) is 2.54. The van der Waals surface area contributed by atoms with E-state index in [1.807, 2.05) is 11.3 Å². The molecule has 0 amide bonds. The van der Waals surface area contributed by atoms with E-state index < -0.39 is 16.1 Å². The quantitative estimate of drug-likeness (QED) is 0.159. The van der Waals surface area contributed by atoms with Crippen molar-refractivity contribution in [1.29, 1.82) is 0 Å². The first kappa shape index (κ1) is 31.7. The first-order chi connectivity index (χ1) is 26.6. The SMILES string of the molecule is C[Si]1(C)c2ccccc2-c2c(N(c3ccccc3)c3ccc4c(c3)[Si](c3ccccc3)(c3ccccc3)c3ccc5c(sc6ccccc65)c3-4)cccc21. The second-order valence-corrected chi connectivity index (χ2v) is 24.3. The molecule has 8 aromatic carbocycles.